The normalized spacial score (nSPS) is 19.8. The van der Waals surface area contributed by atoms with Gasteiger partial charge in [0.25, 0.3) is 0 Å². The molecule has 2 heterocycles. The van der Waals surface area contributed by atoms with E-state index in [1.54, 1.807) is 0 Å². The lowest BCUT2D eigenvalue weighted by Gasteiger charge is -2.37. The smallest absolute Gasteiger partial charge is 0.228 e. The molecule has 0 unspecified atom stereocenters. The summed E-state index contributed by atoms with van der Waals surface area (Å²) >= 11 is 0. The fourth-order valence-electron chi connectivity index (χ4n) is 3.05. The van der Waals surface area contributed by atoms with Gasteiger partial charge in [0.1, 0.15) is 0 Å². The maximum absolute atomic E-state index is 12.1. The van der Waals surface area contributed by atoms with Crippen molar-refractivity contribution in [1.82, 2.24) is 15.1 Å². The van der Waals surface area contributed by atoms with Crippen LogP contribution in [-0.4, -0.2) is 75.1 Å². The number of benzene rings is 1. The number of nitrogens with zero attached hydrogens (tertiary/aromatic N) is 3. The number of carbonyl (C=O) groups is 1. The summed E-state index contributed by atoms with van der Waals surface area (Å²) < 4.78 is 0. The molecule has 0 radical (unpaired) electrons. The van der Waals surface area contributed by atoms with E-state index < -0.39 is 0 Å². The molecular formula is C17H26N4O. The van der Waals surface area contributed by atoms with Crippen molar-refractivity contribution in [3.8, 4) is 0 Å². The average Bonchev–Trinajstić information content (AvgIpc) is 2.52. The van der Waals surface area contributed by atoms with E-state index in [0.717, 1.165) is 52.4 Å². The first-order valence-corrected chi connectivity index (χ1v) is 8.22. The highest BCUT2D eigenvalue weighted by Gasteiger charge is 2.27. The van der Waals surface area contributed by atoms with Crippen LogP contribution in [0.2, 0.25) is 0 Å². The van der Waals surface area contributed by atoms with E-state index in [1.807, 2.05) is 11.9 Å². The maximum atomic E-state index is 12.1. The second-order valence-corrected chi connectivity index (χ2v) is 6.28. The van der Waals surface area contributed by atoms with E-state index in [4.69, 9.17) is 0 Å². The average molecular weight is 302 g/mol. The molecule has 2 aliphatic heterocycles. The zero-order valence-corrected chi connectivity index (χ0v) is 13.4. The van der Waals surface area contributed by atoms with E-state index >= 15 is 0 Å². The molecule has 5 heteroatoms. The third-order valence-corrected chi connectivity index (χ3v) is 4.75. The van der Waals surface area contributed by atoms with Gasteiger partial charge in [-0.3, -0.25) is 9.69 Å². The molecule has 1 N–H and O–H groups in total. The molecule has 1 amide bonds. The van der Waals surface area contributed by atoms with E-state index in [1.165, 1.54) is 5.69 Å². The number of rotatable bonds is 5. The number of anilines is 1. The molecule has 0 aliphatic carbocycles. The lowest BCUT2D eigenvalue weighted by Crippen LogP contribution is -2.53. The molecule has 1 aromatic carbocycles. The van der Waals surface area contributed by atoms with Crippen LogP contribution in [0.15, 0.2) is 30.3 Å². The van der Waals surface area contributed by atoms with Gasteiger partial charge >= 0.3 is 0 Å². The standard InChI is InChI=1S/C17H26N4O/c1-19(17(22)15-13-18-14-15)7-8-20-9-11-21(12-10-20)16-5-3-2-4-6-16/h2-6,15,18H,7-14H2,1H3. The second-order valence-electron chi connectivity index (χ2n) is 6.28. The monoisotopic (exact) mass is 302 g/mol. The van der Waals surface area contributed by atoms with Gasteiger partial charge < -0.3 is 15.1 Å². The van der Waals surface area contributed by atoms with E-state index in [0.29, 0.717) is 5.91 Å². The summed E-state index contributed by atoms with van der Waals surface area (Å²) in [7, 11) is 1.93. The summed E-state index contributed by atoms with van der Waals surface area (Å²) in [5, 5.41) is 3.16. The quantitative estimate of drug-likeness (QED) is 0.859. The van der Waals surface area contributed by atoms with Crippen molar-refractivity contribution in [3.05, 3.63) is 30.3 Å². The predicted octanol–water partition coefficient (Wildman–Crippen LogP) is 0.486. The van der Waals surface area contributed by atoms with Crippen LogP contribution in [0.25, 0.3) is 0 Å². The van der Waals surface area contributed by atoms with Crippen LogP contribution in [0, 0.1) is 5.92 Å². The first kappa shape index (κ1) is 15.3. The van der Waals surface area contributed by atoms with Crippen LogP contribution in [0.3, 0.4) is 0 Å². The van der Waals surface area contributed by atoms with Crippen LogP contribution >= 0.6 is 0 Å². The summed E-state index contributed by atoms with van der Waals surface area (Å²) in [5.74, 6) is 0.501. The van der Waals surface area contributed by atoms with Gasteiger partial charge in [-0.05, 0) is 12.1 Å². The molecule has 0 spiro atoms. The first-order chi connectivity index (χ1) is 10.7. The molecular weight excluding hydrogens is 276 g/mol. The molecule has 22 heavy (non-hydrogen) atoms. The van der Waals surface area contributed by atoms with Crippen LogP contribution < -0.4 is 10.2 Å². The summed E-state index contributed by atoms with van der Waals surface area (Å²) in [4.78, 5) is 18.9. The summed E-state index contributed by atoms with van der Waals surface area (Å²) in [6, 6.07) is 10.6. The van der Waals surface area contributed by atoms with Crippen molar-refractivity contribution >= 4 is 11.6 Å². The van der Waals surface area contributed by atoms with Crippen molar-refractivity contribution in [2.24, 2.45) is 5.92 Å². The van der Waals surface area contributed by atoms with E-state index in [9.17, 15) is 4.79 Å². The fourth-order valence-corrected chi connectivity index (χ4v) is 3.05. The number of hydrogen-bond donors (Lipinski definition) is 1. The lowest BCUT2D eigenvalue weighted by molar-refractivity contribution is -0.135. The van der Waals surface area contributed by atoms with Crippen molar-refractivity contribution in [2.45, 2.75) is 0 Å². The molecule has 0 aromatic heterocycles. The van der Waals surface area contributed by atoms with Crippen LogP contribution in [-0.2, 0) is 4.79 Å². The van der Waals surface area contributed by atoms with Crippen molar-refractivity contribution in [1.29, 1.82) is 0 Å². The number of carbonyl (C=O) groups excluding carboxylic acids is 1. The summed E-state index contributed by atoms with van der Waals surface area (Å²) in [5.41, 5.74) is 1.31. The minimum Gasteiger partial charge on any atom is -0.369 e. The van der Waals surface area contributed by atoms with Gasteiger partial charge in [-0.15, -0.1) is 0 Å². The fraction of sp³-hybridized carbons (Fsp3) is 0.588. The van der Waals surface area contributed by atoms with Gasteiger partial charge in [-0.1, -0.05) is 18.2 Å². The Kier molecular flexibility index (Phi) is 4.95. The first-order valence-electron chi connectivity index (χ1n) is 8.22. The lowest BCUT2D eigenvalue weighted by atomic mass is 10.0. The highest BCUT2D eigenvalue weighted by molar-refractivity contribution is 5.79. The molecule has 2 saturated heterocycles. The van der Waals surface area contributed by atoms with E-state index in [2.05, 4.69) is 45.4 Å². The number of amides is 1. The molecule has 1 aromatic rings. The van der Waals surface area contributed by atoms with Gasteiger partial charge in [0.15, 0.2) is 0 Å². The molecule has 5 nitrogen and oxygen atoms in total. The Hall–Kier alpha value is -1.59. The largest absolute Gasteiger partial charge is 0.369 e. The van der Waals surface area contributed by atoms with Crippen molar-refractivity contribution in [2.75, 3.05) is 64.3 Å². The topological polar surface area (TPSA) is 38.8 Å². The SMILES string of the molecule is CN(CCN1CCN(c2ccccc2)CC1)C(=O)C1CNC1. The molecule has 0 atom stereocenters. The van der Waals surface area contributed by atoms with Crippen LogP contribution in [0.5, 0.6) is 0 Å². The Morgan fingerprint density at radius 2 is 1.86 bits per heavy atom. The Balaban J connectivity index is 1.39. The summed E-state index contributed by atoms with van der Waals surface area (Å²) in [6.45, 7) is 7.77. The minimum absolute atomic E-state index is 0.208. The maximum Gasteiger partial charge on any atom is 0.228 e. The molecule has 2 fully saturated rings. The van der Waals surface area contributed by atoms with Gasteiger partial charge in [-0.2, -0.15) is 0 Å². The zero-order valence-electron chi connectivity index (χ0n) is 13.4. The Labute approximate surface area is 132 Å². The Bertz CT molecular complexity index is 481. The highest BCUT2D eigenvalue weighted by Crippen LogP contribution is 2.15. The molecule has 0 bridgehead atoms. The number of likely N-dealkylation sites (N-methyl/N-ethyl adjacent to an activating group) is 1. The Morgan fingerprint density at radius 3 is 2.45 bits per heavy atom. The van der Waals surface area contributed by atoms with Crippen molar-refractivity contribution in [3.63, 3.8) is 0 Å². The Morgan fingerprint density at radius 1 is 1.18 bits per heavy atom. The van der Waals surface area contributed by atoms with Crippen molar-refractivity contribution < 1.29 is 4.79 Å². The number of para-hydroxylation sites is 1. The van der Waals surface area contributed by atoms with Gasteiger partial charge in [0.05, 0.1) is 5.92 Å². The number of hydrogen-bond acceptors (Lipinski definition) is 4. The highest BCUT2D eigenvalue weighted by atomic mass is 16.2. The second kappa shape index (κ2) is 7.11. The molecule has 2 aliphatic rings. The molecule has 0 saturated carbocycles. The van der Waals surface area contributed by atoms with Gasteiger partial charge in [0.2, 0.25) is 5.91 Å². The third kappa shape index (κ3) is 3.59. The number of nitrogens with one attached hydrogen (secondary N) is 1. The summed E-state index contributed by atoms with van der Waals surface area (Å²) in [6.07, 6.45) is 0. The third-order valence-electron chi connectivity index (χ3n) is 4.75. The van der Waals surface area contributed by atoms with E-state index in [-0.39, 0.29) is 5.92 Å². The molecule has 120 valence electrons. The minimum atomic E-state index is 0.208. The molecule has 3 rings (SSSR count). The number of piperazine rings is 1. The van der Waals surface area contributed by atoms with Crippen LogP contribution in [0.1, 0.15) is 0 Å². The predicted molar refractivity (Wildman–Crippen MR) is 89.1 cm³/mol. The zero-order chi connectivity index (χ0) is 15.4. The van der Waals surface area contributed by atoms with Gasteiger partial charge in [-0.25, -0.2) is 0 Å². The van der Waals surface area contributed by atoms with Gasteiger partial charge in [0, 0.05) is 65.1 Å². The van der Waals surface area contributed by atoms with Crippen LogP contribution in [0.4, 0.5) is 5.69 Å².